The zero-order chi connectivity index (χ0) is 25.6. The van der Waals surface area contributed by atoms with E-state index >= 15 is 0 Å². The Morgan fingerprint density at radius 1 is 0.833 bits per heavy atom. The van der Waals surface area contributed by atoms with Gasteiger partial charge in [-0.25, -0.2) is 0 Å². The van der Waals surface area contributed by atoms with E-state index in [4.69, 9.17) is 14.2 Å². The molecule has 4 atom stereocenters. The molecule has 1 heterocycles. The van der Waals surface area contributed by atoms with Crippen LogP contribution in [0.3, 0.4) is 0 Å². The van der Waals surface area contributed by atoms with Gasteiger partial charge in [0.25, 0.3) is 0 Å². The van der Waals surface area contributed by atoms with E-state index in [0.717, 1.165) is 16.7 Å². The highest BCUT2D eigenvalue weighted by molar-refractivity contribution is 5.47. The molecule has 5 rings (SSSR count). The largest absolute Gasteiger partial charge is 0.390 e. The maximum absolute atomic E-state index is 11.5. The Bertz CT molecular complexity index is 1060. The topological polar surface area (TPSA) is 47.9 Å². The molecule has 0 bridgehead atoms. The van der Waals surface area contributed by atoms with E-state index in [9.17, 15) is 5.11 Å². The van der Waals surface area contributed by atoms with Crippen LogP contribution in [0.25, 0.3) is 0 Å². The van der Waals surface area contributed by atoms with E-state index in [1.165, 1.54) is 0 Å². The van der Waals surface area contributed by atoms with Gasteiger partial charge in [0.05, 0.1) is 33.9 Å². The van der Waals surface area contributed by atoms with Gasteiger partial charge in [0.2, 0.25) is 0 Å². The van der Waals surface area contributed by atoms with Crippen molar-refractivity contribution < 1.29 is 23.8 Å². The predicted octanol–water partition coefficient (Wildman–Crippen LogP) is 4.72. The van der Waals surface area contributed by atoms with Crippen molar-refractivity contribution >= 4 is 0 Å². The molecule has 1 saturated carbocycles. The Labute approximate surface area is 214 Å². The molecule has 0 aromatic heterocycles. The van der Waals surface area contributed by atoms with Gasteiger partial charge in [-0.2, -0.15) is 0 Å². The van der Waals surface area contributed by atoms with Crippen molar-refractivity contribution in [3.63, 3.8) is 0 Å². The van der Waals surface area contributed by atoms with Crippen molar-refractivity contribution in [3.05, 3.63) is 108 Å². The Balaban J connectivity index is 1.64. The lowest BCUT2D eigenvalue weighted by molar-refractivity contribution is -0.899. The smallest absolute Gasteiger partial charge is 0.164 e. The third kappa shape index (κ3) is 4.19. The summed E-state index contributed by atoms with van der Waals surface area (Å²) in [6.07, 6.45) is -0.433. The highest BCUT2D eigenvalue weighted by atomic mass is 16.8. The number of likely N-dealkylation sites (N-methyl/N-ethyl adjacent to an activating group) is 1. The SMILES string of the molecule is CC1(C)O[C@H]2[C@H]([N+](C)(C)C)C[C@H](O)[C@@]2(COC(c2ccccc2)(c2ccccc2)c2ccccc2)O1. The highest BCUT2D eigenvalue weighted by Gasteiger charge is 2.68. The van der Waals surface area contributed by atoms with Gasteiger partial charge in [0.1, 0.15) is 17.7 Å². The minimum Gasteiger partial charge on any atom is -0.390 e. The number of aliphatic hydroxyl groups is 1. The molecule has 5 nitrogen and oxygen atoms in total. The number of ether oxygens (including phenoxy) is 3. The molecule has 0 spiro atoms. The molecule has 0 unspecified atom stereocenters. The Morgan fingerprint density at radius 3 is 1.69 bits per heavy atom. The van der Waals surface area contributed by atoms with E-state index in [1.807, 2.05) is 68.4 Å². The van der Waals surface area contributed by atoms with Gasteiger partial charge in [-0.15, -0.1) is 0 Å². The van der Waals surface area contributed by atoms with Crippen molar-refractivity contribution in [2.75, 3.05) is 27.7 Å². The van der Waals surface area contributed by atoms with Gasteiger partial charge in [-0.3, -0.25) is 0 Å². The second-order valence-electron chi connectivity index (χ2n) is 11.5. The summed E-state index contributed by atoms with van der Waals surface area (Å²) in [5, 5.41) is 11.5. The normalized spacial score (nSPS) is 27.7. The van der Waals surface area contributed by atoms with Crippen LogP contribution in [0.5, 0.6) is 0 Å². The first-order chi connectivity index (χ1) is 17.1. The molecule has 2 fully saturated rings. The van der Waals surface area contributed by atoms with Crippen molar-refractivity contribution in [2.45, 2.75) is 55.5 Å². The zero-order valence-electron chi connectivity index (χ0n) is 21.9. The zero-order valence-corrected chi connectivity index (χ0v) is 21.9. The first kappa shape index (κ1) is 25.1. The first-order valence-electron chi connectivity index (χ1n) is 12.8. The molecule has 1 saturated heterocycles. The number of hydrogen-bond donors (Lipinski definition) is 1. The van der Waals surface area contributed by atoms with Crippen LogP contribution in [0.4, 0.5) is 0 Å². The van der Waals surface area contributed by atoms with Crippen molar-refractivity contribution in [1.29, 1.82) is 0 Å². The summed E-state index contributed by atoms with van der Waals surface area (Å²) >= 11 is 0. The molecular weight excluding hydrogens is 450 g/mol. The molecule has 2 aliphatic rings. The molecule has 1 N–H and O–H groups in total. The predicted molar refractivity (Wildman–Crippen MR) is 140 cm³/mol. The van der Waals surface area contributed by atoms with E-state index in [-0.39, 0.29) is 18.8 Å². The van der Waals surface area contributed by atoms with Gasteiger partial charge in [-0.05, 0) is 30.5 Å². The second-order valence-corrected chi connectivity index (χ2v) is 11.5. The van der Waals surface area contributed by atoms with Crippen LogP contribution in [0.2, 0.25) is 0 Å². The van der Waals surface area contributed by atoms with Crippen LogP contribution >= 0.6 is 0 Å². The first-order valence-corrected chi connectivity index (χ1v) is 12.8. The molecule has 0 radical (unpaired) electrons. The van der Waals surface area contributed by atoms with Crippen LogP contribution in [0, 0.1) is 0 Å². The number of quaternary nitrogens is 1. The Morgan fingerprint density at radius 2 is 1.28 bits per heavy atom. The van der Waals surface area contributed by atoms with Gasteiger partial charge in [0.15, 0.2) is 11.4 Å². The fourth-order valence-corrected chi connectivity index (χ4v) is 6.08. The summed E-state index contributed by atoms with van der Waals surface area (Å²) in [6.45, 7) is 4.02. The quantitative estimate of drug-likeness (QED) is 0.386. The van der Waals surface area contributed by atoms with Crippen molar-refractivity contribution in [2.24, 2.45) is 0 Å². The fourth-order valence-electron chi connectivity index (χ4n) is 6.08. The maximum Gasteiger partial charge on any atom is 0.164 e. The molecule has 5 heteroatoms. The number of benzene rings is 3. The average Bonchev–Trinajstić information content (AvgIpc) is 3.29. The summed E-state index contributed by atoms with van der Waals surface area (Å²) in [4.78, 5) is 0. The molecule has 3 aromatic carbocycles. The lowest BCUT2D eigenvalue weighted by atomic mass is 9.79. The van der Waals surface area contributed by atoms with Gasteiger partial charge in [0, 0.05) is 6.42 Å². The third-order valence-electron chi connectivity index (χ3n) is 7.76. The molecule has 1 aliphatic heterocycles. The van der Waals surface area contributed by atoms with Crippen LogP contribution in [-0.2, 0) is 19.8 Å². The second kappa shape index (κ2) is 9.09. The van der Waals surface area contributed by atoms with Crippen LogP contribution in [0.1, 0.15) is 37.0 Å². The highest BCUT2D eigenvalue weighted by Crippen LogP contribution is 2.51. The third-order valence-corrected chi connectivity index (χ3v) is 7.76. The van der Waals surface area contributed by atoms with Crippen molar-refractivity contribution in [1.82, 2.24) is 0 Å². The van der Waals surface area contributed by atoms with E-state index in [0.29, 0.717) is 10.9 Å². The van der Waals surface area contributed by atoms with E-state index in [2.05, 4.69) is 57.5 Å². The number of aliphatic hydroxyl groups excluding tert-OH is 1. The minimum atomic E-state index is -0.983. The van der Waals surface area contributed by atoms with Gasteiger partial charge in [-0.1, -0.05) is 91.0 Å². The average molecular weight is 489 g/mol. The summed E-state index contributed by atoms with van der Waals surface area (Å²) in [6, 6.07) is 31.0. The fraction of sp³-hybridized carbons (Fsp3) is 0.419. The van der Waals surface area contributed by atoms with Crippen molar-refractivity contribution in [3.8, 4) is 0 Å². The van der Waals surface area contributed by atoms with Crippen LogP contribution in [-0.4, -0.2) is 67.0 Å². The lowest BCUT2D eigenvalue weighted by Gasteiger charge is -2.40. The van der Waals surface area contributed by atoms with E-state index < -0.39 is 23.1 Å². The molecule has 0 amide bonds. The number of nitrogens with zero attached hydrogens (tertiary/aromatic N) is 1. The molecule has 1 aliphatic carbocycles. The van der Waals surface area contributed by atoms with Crippen LogP contribution in [0.15, 0.2) is 91.0 Å². The standard InChI is InChI=1S/C31H38NO4/c1-29(2)35-28-26(32(3,4)5)21-27(33)30(28,36-29)22-34-31(23-15-9-6-10-16-23,24-17-11-7-12-18-24)25-19-13-8-14-20-25/h6-20,26-28,33H,21-22H2,1-5H3/q+1/t26-,27+,28+,30-/m1/s1. The minimum absolute atomic E-state index is 0.0740. The van der Waals surface area contributed by atoms with E-state index in [1.54, 1.807) is 0 Å². The summed E-state index contributed by atoms with van der Waals surface area (Å²) < 4.78 is 20.9. The molecule has 3 aromatic rings. The summed E-state index contributed by atoms with van der Waals surface area (Å²) in [5.41, 5.74) is 1.18. The molecule has 36 heavy (non-hydrogen) atoms. The van der Waals surface area contributed by atoms with Crippen LogP contribution < -0.4 is 0 Å². The molecule has 190 valence electrons. The number of fused-ring (bicyclic) bond motifs is 1. The Kier molecular flexibility index (Phi) is 6.34. The Hall–Kier alpha value is -2.54. The monoisotopic (exact) mass is 488 g/mol. The number of hydrogen-bond acceptors (Lipinski definition) is 4. The lowest BCUT2D eigenvalue weighted by Crippen LogP contribution is -2.56. The van der Waals surface area contributed by atoms with Gasteiger partial charge < -0.3 is 23.8 Å². The summed E-state index contributed by atoms with van der Waals surface area (Å²) in [5.74, 6) is -0.822. The molecular formula is C31H38NO4+. The maximum atomic E-state index is 11.5. The summed E-state index contributed by atoms with van der Waals surface area (Å²) in [7, 11) is 6.43. The number of rotatable bonds is 7. The van der Waals surface area contributed by atoms with Gasteiger partial charge >= 0.3 is 0 Å².